The molecule has 6 heteroatoms. The Kier molecular flexibility index (Phi) is 4.24. The van der Waals surface area contributed by atoms with Gasteiger partial charge in [-0.1, -0.05) is 42.5 Å². The average molecular weight is 375 g/mol. The van der Waals surface area contributed by atoms with Crippen LogP contribution in [-0.2, 0) is 9.59 Å². The average Bonchev–Trinajstić information content (AvgIpc) is 2.95. The number of nitrogens with zero attached hydrogens (tertiary/aromatic N) is 1. The van der Waals surface area contributed by atoms with Crippen molar-refractivity contribution in [2.24, 2.45) is 0 Å². The summed E-state index contributed by atoms with van der Waals surface area (Å²) in [5.74, 6) is -1.07. The van der Waals surface area contributed by atoms with Crippen LogP contribution < -0.4 is 14.4 Å². The van der Waals surface area contributed by atoms with Gasteiger partial charge in [0.15, 0.2) is 17.3 Å². The first-order chi connectivity index (χ1) is 13.6. The Morgan fingerprint density at radius 1 is 0.821 bits per heavy atom. The molecule has 0 radical (unpaired) electrons. The number of hydrogen-bond acceptors (Lipinski definition) is 5. The van der Waals surface area contributed by atoms with E-state index in [1.54, 1.807) is 30.3 Å². The summed E-state index contributed by atoms with van der Waals surface area (Å²) in [5.41, 5.74) is 0.727. The van der Waals surface area contributed by atoms with Crippen LogP contribution in [-0.4, -0.2) is 31.1 Å². The molecular weight excluding hydrogens is 358 g/mol. The summed E-state index contributed by atoms with van der Waals surface area (Å²) in [5, 5.41) is 12.1. The molecule has 0 saturated heterocycles. The van der Waals surface area contributed by atoms with Gasteiger partial charge in [-0.05, 0) is 29.1 Å². The van der Waals surface area contributed by atoms with Gasteiger partial charge in [0.1, 0.15) is 0 Å². The van der Waals surface area contributed by atoms with Crippen molar-refractivity contribution in [3.63, 3.8) is 0 Å². The molecule has 0 atom stereocenters. The second-order valence-corrected chi connectivity index (χ2v) is 6.24. The number of rotatable bonds is 4. The van der Waals surface area contributed by atoms with Crippen molar-refractivity contribution in [3.8, 4) is 11.5 Å². The Balaban J connectivity index is 1.82. The zero-order chi connectivity index (χ0) is 19.8. The lowest BCUT2D eigenvalue weighted by Gasteiger charge is -2.17. The number of carbonyl (C=O) groups excluding carboxylic acids is 2. The molecule has 28 heavy (non-hydrogen) atoms. The van der Waals surface area contributed by atoms with Gasteiger partial charge in [-0.2, -0.15) is 0 Å². The van der Waals surface area contributed by atoms with Crippen LogP contribution in [0.3, 0.4) is 0 Å². The molecule has 0 aromatic heterocycles. The van der Waals surface area contributed by atoms with Crippen molar-refractivity contribution in [1.29, 1.82) is 0 Å². The summed E-state index contributed by atoms with van der Waals surface area (Å²) < 4.78 is 10.5. The third-order valence-corrected chi connectivity index (χ3v) is 4.74. The van der Waals surface area contributed by atoms with E-state index in [9.17, 15) is 14.7 Å². The van der Waals surface area contributed by atoms with Crippen LogP contribution in [0.15, 0.2) is 66.4 Å². The number of ether oxygens (including phenoxy) is 2. The Labute approximate surface area is 161 Å². The summed E-state index contributed by atoms with van der Waals surface area (Å²) in [6.07, 6.45) is 0. The molecule has 0 saturated carbocycles. The molecular formula is C22H17NO5. The molecule has 1 aliphatic rings. The van der Waals surface area contributed by atoms with Gasteiger partial charge in [0, 0.05) is 5.39 Å². The molecule has 6 nitrogen and oxygen atoms in total. The lowest BCUT2D eigenvalue weighted by molar-refractivity contribution is -0.121. The monoisotopic (exact) mass is 375 g/mol. The summed E-state index contributed by atoms with van der Waals surface area (Å²) in [6, 6.07) is 17.6. The number of imide groups is 1. The van der Waals surface area contributed by atoms with Gasteiger partial charge >= 0.3 is 5.91 Å². The fourth-order valence-electron chi connectivity index (χ4n) is 3.39. The largest absolute Gasteiger partial charge is 0.502 e. The summed E-state index contributed by atoms with van der Waals surface area (Å²) in [4.78, 5) is 26.9. The first-order valence-electron chi connectivity index (χ1n) is 8.59. The third-order valence-electron chi connectivity index (χ3n) is 4.74. The van der Waals surface area contributed by atoms with Crippen molar-refractivity contribution < 1.29 is 24.2 Å². The van der Waals surface area contributed by atoms with Crippen molar-refractivity contribution in [2.75, 3.05) is 19.1 Å². The van der Waals surface area contributed by atoms with Crippen LogP contribution in [0.2, 0.25) is 0 Å². The molecule has 0 spiro atoms. The van der Waals surface area contributed by atoms with Gasteiger partial charge in [-0.15, -0.1) is 0 Å². The SMILES string of the molecule is COc1ccc(C2=C(O)C(=O)N(c3cccc4ccccc34)C2=O)cc1OC. The molecule has 0 aliphatic carbocycles. The van der Waals surface area contributed by atoms with Crippen LogP contribution in [0.1, 0.15) is 5.56 Å². The van der Waals surface area contributed by atoms with E-state index in [4.69, 9.17) is 9.47 Å². The molecule has 0 bridgehead atoms. The van der Waals surface area contributed by atoms with E-state index in [-0.39, 0.29) is 5.57 Å². The number of benzene rings is 3. The minimum atomic E-state index is -0.758. The molecule has 0 unspecified atom stereocenters. The maximum absolute atomic E-state index is 13.1. The summed E-state index contributed by atoms with van der Waals surface area (Å²) >= 11 is 0. The Hall–Kier alpha value is -3.80. The Morgan fingerprint density at radius 3 is 2.29 bits per heavy atom. The van der Waals surface area contributed by atoms with Crippen LogP contribution in [0.25, 0.3) is 16.3 Å². The van der Waals surface area contributed by atoms with Crippen LogP contribution in [0.4, 0.5) is 5.69 Å². The second-order valence-electron chi connectivity index (χ2n) is 6.24. The van der Waals surface area contributed by atoms with Gasteiger partial charge in [-0.3, -0.25) is 9.59 Å². The highest BCUT2D eigenvalue weighted by atomic mass is 16.5. The highest BCUT2D eigenvalue weighted by molar-refractivity contribution is 6.45. The fourth-order valence-corrected chi connectivity index (χ4v) is 3.39. The Bertz CT molecular complexity index is 1140. The molecule has 1 heterocycles. The highest BCUT2D eigenvalue weighted by Crippen LogP contribution is 2.38. The molecule has 3 aromatic rings. The first kappa shape index (κ1) is 17.6. The van der Waals surface area contributed by atoms with E-state index in [1.807, 2.05) is 30.3 Å². The lowest BCUT2D eigenvalue weighted by Crippen LogP contribution is -2.31. The standard InChI is InChI=1S/C22H17NO5/c1-27-17-11-10-14(12-18(17)28-2)19-20(24)22(26)23(21(19)25)16-9-5-7-13-6-3-4-8-15(13)16/h3-12,24H,1-2H3. The zero-order valence-electron chi connectivity index (χ0n) is 15.3. The predicted octanol–water partition coefficient (Wildman–Crippen LogP) is 3.70. The number of hydrogen-bond donors (Lipinski definition) is 1. The summed E-state index contributed by atoms with van der Waals surface area (Å²) in [6.45, 7) is 0. The van der Waals surface area contributed by atoms with E-state index in [0.717, 1.165) is 15.7 Å². The smallest absolute Gasteiger partial charge is 0.301 e. The number of carbonyl (C=O) groups is 2. The minimum Gasteiger partial charge on any atom is -0.502 e. The quantitative estimate of drug-likeness (QED) is 0.704. The van der Waals surface area contributed by atoms with E-state index >= 15 is 0 Å². The van der Waals surface area contributed by atoms with Gasteiger partial charge in [-0.25, -0.2) is 4.90 Å². The number of methoxy groups -OCH3 is 2. The first-order valence-corrected chi connectivity index (χ1v) is 8.59. The van der Waals surface area contributed by atoms with Crippen molar-refractivity contribution in [2.45, 2.75) is 0 Å². The molecule has 0 fully saturated rings. The molecule has 1 aliphatic heterocycles. The molecule has 3 aromatic carbocycles. The zero-order valence-corrected chi connectivity index (χ0v) is 15.3. The number of anilines is 1. The normalized spacial score (nSPS) is 14.1. The van der Waals surface area contributed by atoms with E-state index in [0.29, 0.717) is 22.7 Å². The van der Waals surface area contributed by atoms with Crippen molar-refractivity contribution in [1.82, 2.24) is 0 Å². The van der Waals surface area contributed by atoms with Gasteiger partial charge < -0.3 is 14.6 Å². The van der Waals surface area contributed by atoms with Gasteiger partial charge in [0.2, 0.25) is 0 Å². The van der Waals surface area contributed by atoms with Crippen LogP contribution >= 0.6 is 0 Å². The summed E-state index contributed by atoms with van der Waals surface area (Å²) in [7, 11) is 2.97. The van der Waals surface area contributed by atoms with Crippen molar-refractivity contribution in [3.05, 3.63) is 72.0 Å². The predicted molar refractivity (Wildman–Crippen MR) is 106 cm³/mol. The highest BCUT2D eigenvalue weighted by Gasteiger charge is 2.41. The van der Waals surface area contributed by atoms with Crippen molar-refractivity contribution >= 4 is 33.8 Å². The van der Waals surface area contributed by atoms with Crippen LogP contribution in [0, 0.1) is 0 Å². The third kappa shape index (κ3) is 2.58. The van der Waals surface area contributed by atoms with Crippen LogP contribution in [0.5, 0.6) is 11.5 Å². The fraction of sp³-hybridized carbons (Fsp3) is 0.0909. The van der Waals surface area contributed by atoms with E-state index in [1.165, 1.54) is 14.2 Å². The van der Waals surface area contributed by atoms with Gasteiger partial charge in [0.05, 0.1) is 25.5 Å². The maximum atomic E-state index is 13.1. The molecule has 2 amide bonds. The maximum Gasteiger partial charge on any atom is 0.301 e. The molecule has 140 valence electrons. The van der Waals surface area contributed by atoms with E-state index < -0.39 is 17.6 Å². The number of aliphatic hydroxyl groups excluding tert-OH is 1. The van der Waals surface area contributed by atoms with Gasteiger partial charge in [0.25, 0.3) is 5.91 Å². The number of fused-ring (bicyclic) bond motifs is 1. The number of aliphatic hydroxyl groups is 1. The topological polar surface area (TPSA) is 76.1 Å². The molecule has 4 rings (SSSR count). The Morgan fingerprint density at radius 2 is 1.54 bits per heavy atom. The molecule has 1 N–H and O–H groups in total. The van der Waals surface area contributed by atoms with E-state index in [2.05, 4.69) is 0 Å². The lowest BCUT2D eigenvalue weighted by atomic mass is 10.0. The second kappa shape index (κ2) is 6.74. The number of amides is 2. The minimum absolute atomic E-state index is 0.0705.